The summed E-state index contributed by atoms with van der Waals surface area (Å²) in [5.41, 5.74) is 1.19. The van der Waals surface area contributed by atoms with Crippen molar-refractivity contribution in [3.8, 4) is 0 Å². The van der Waals surface area contributed by atoms with Gasteiger partial charge in [0.25, 0.3) is 5.91 Å². The Kier molecular flexibility index (Phi) is 6.93. The number of hydrogen-bond donors (Lipinski definition) is 3. The van der Waals surface area contributed by atoms with Gasteiger partial charge in [-0.15, -0.1) is 6.58 Å². The number of halogens is 1. The van der Waals surface area contributed by atoms with Crippen molar-refractivity contribution in [1.82, 2.24) is 10.6 Å². The van der Waals surface area contributed by atoms with E-state index in [-0.39, 0.29) is 23.7 Å². The van der Waals surface area contributed by atoms with Gasteiger partial charge >= 0.3 is 11.8 Å². The molecule has 0 aromatic heterocycles. The molecule has 0 saturated heterocycles. The predicted octanol–water partition coefficient (Wildman–Crippen LogP) is 2.51. The molecule has 2 rings (SSSR count). The van der Waals surface area contributed by atoms with E-state index in [9.17, 15) is 14.4 Å². The molecule has 26 heavy (non-hydrogen) atoms. The number of carbonyl (C=O) groups excluding carboxylic acids is 3. The van der Waals surface area contributed by atoms with Crippen LogP contribution in [0.4, 0.5) is 5.69 Å². The van der Waals surface area contributed by atoms with Crippen LogP contribution in [0.15, 0.2) is 61.2 Å². The maximum atomic E-state index is 12.1. The van der Waals surface area contributed by atoms with Crippen molar-refractivity contribution >= 4 is 35.0 Å². The smallest absolute Gasteiger partial charge is 0.313 e. The van der Waals surface area contributed by atoms with Crippen molar-refractivity contribution < 1.29 is 14.4 Å². The van der Waals surface area contributed by atoms with Gasteiger partial charge in [-0.2, -0.15) is 0 Å². The minimum absolute atomic E-state index is 0.118. The average Bonchev–Trinajstić information content (AvgIpc) is 2.65. The Balaban J connectivity index is 2.01. The molecule has 7 heteroatoms. The lowest BCUT2D eigenvalue weighted by Crippen LogP contribution is -2.35. The fraction of sp³-hybridized carbons (Fsp3) is 0.105. The Labute approximate surface area is 156 Å². The van der Waals surface area contributed by atoms with Gasteiger partial charge in [-0.3, -0.25) is 14.4 Å². The number of hydrogen-bond acceptors (Lipinski definition) is 3. The summed E-state index contributed by atoms with van der Waals surface area (Å²) < 4.78 is 0. The summed E-state index contributed by atoms with van der Waals surface area (Å²) in [5.74, 6) is -2.08. The highest BCUT2D eigenvalue weighted by Gasteiger charge is 2.17. The molecular weight excluding hydrogens is 354 g/mol. The molecule has 0 unspecified atom stereocenters. The second kappa shape index (κ2) is 9.39. The standard InChI is InChI=1S/C19H18ClN3O3/c1-2-11-21-17(24)14-8-4-6-10-16(14)23-19(26)18(25)22-12-13-7-3-5-9-15(13)20/h2-10H,1,11-12H2,(H,21,24)(H,22,25)(H,23,26). The van der Waals surface area contributed by atoms with Crippen LogP contribution < -0.4 is 16.0 Å². The highest BCUT2D eigenvalue weighted by Crippen LogP contribution is 2.16. The fourth-order valence-corrected chi connectivity index (χ4v) is 2.33. The van der Waals surface area contributed by atoms with Crippen LogP contribution in [0.3, 0.4) is 0 Å². The maximum absolute atomic E-state index is 12.1. The molecule has 2 aromatic carbocycles. The Hall–Kier alpha value is -3.12. The Morgan fingerprint density at radius 1 is 0.962 bits per heavy atom. The summed E-state index contributed by atoms with van der Waals surface area (Å²) in [6.07, 6.45) is 1.54. The minimum atomic E-state index is -0.874. The van der Waals surface area contributed by atoms with Crippen LogP contribution in [0.25, 0.3) is 0 Å². The minimum Gasteiger partial charge on any atom is -0.349 e. The molecule has 134 valence electrons. The molecule has 0 atom stereocenters. The molecule has 0 aliphatic heterocycles. The zero-order valence-corrected chi connectivity index (χ0v) is 14.7. The average molecular weight is 372 g/mol. The number of nitrogens with one attached hydrogen (secondary N) is 3. The zero-order chi connectivity index (χ0) is 18.9. The molecule has 0 bridgehead atoms. The van der Waals surface area contributed by atoms with Gasteiger partial charge in [-0.1, -0.05) is 48.0 Å². The molecular formula is C19H18ClN3O3. The second-order valence-corrected chi connectivity index (χ2v) is 5.68. The molecule has 0 saturated carbocycles. The van der Waals surface area contributed by atoms with Gasteiger partial charge < -0.3 is 16.0 Å². The lowest BCUT2D eigenvalue weighted by molar-refractivity contribution is -0.136. The maximum Gasteiger partial charge on any atom is 0.313 e. The third-order valence-electron chi connectivity index (χ3n) is 3.43. The van der Waals surface area contributed by atoms with E-state index in [1.54, 1.807) is 54.6 Å². The van der Waals surface area contributed by atoms with E-state index in [1.807, 2.05) is 0 Å². The summed E-state index contributed by atoms with van der Waals surface area (Å²) in [4.78, 5) is 36.2. The molecule has 0 fully saturated rings. The molecule has 0 aliphatic rings. The van der Waals surface area contributed by atoms with E-state index in [2.05, 4.69) is 22.5 Å². The van der Waals surface area contributed by atoms with Crippen LogP contribution in [0, 0.1) is 0 Å². The van der Waals surface area contributed by atoms with E-state index < -0.39 is 11.8 Å². The van der Waals surface area contributed by atoms with Crippen LogP contribution >= 0.6 is 11.6 Å². The van der Waals surface area contributed by atoms with Gasteiger partial charge in [0.2, 0.25) is 0 Å². The number of benzene rings is 2. The van der Waals surface area contributed by atoms with E-state index in [4.69, 9.17) is 11.6 Å². The summed E-state index contributed by atoms with van der Waals surface area (Å²) in [7, 11) is 0. The quantitative estimate of drug-likeness (QED) is 0.538. The van der Waals surface area contributed by atoms with Crippen molar-refractivity contribution in [2.45, 2.75) is 6.54 Å². The van der Waals surface area contributed by atoms with Crippen molar-refractivity contribution in [2.75, 3.05) is 11.9 Å². The number of carbonyl (C=O) groups is 3. The summed E-state index contributed by atoms with van der Waals surface area (Å²) in [6.45, 7) is 3.93. The lowest BCUT2D eigenvalue weighted by atomic mass is 10.1. The molecule has 0 radical (unpaired) electrons. The van der Waals surface area contributed by atoms with E-state index in [1.165, 1.54) is 0 Å². The van der Waals surface area contributed by atoms with Crippen LogP contribution in [0.1, 0.15) is 15.9 Å². The fourth-order valence-electron chi connectivity index (χ4n) is 2.13. The van der Waals surface area contributed by atoms with Crippen molar-refractivity contribution in [3.05, 3.63) is 77.3 Å². The molecule has 0 heterocycles. The summed E-state index contributed by atoms with van der Waals surface area (Å²) in [5, 5.41) is 8.06. The normalized spacial score (nSPS) is 9.88. The van der Waals surface area contributed by atoms with Crippen LogP contribution in [-0.2, 0) is 16.1 Å². The highest BCUT2D eigenvalue weighted by atomic mass is 35.5. The van der Waals surface area contributed by atoms with Gasteiger partial charge in [-0.25, -0.2) is 0 Å². The van der Waals surface area contributed by atoms with Crippen molar-refractivity contribution in [2.24, 2.45) is 0 Å². The van der Waals surface area contributed by atoms with Crippen LogP contribution in [0.2, 0.25) is 5.02 Å². The number of amides is 3. The van der Waals surface area contributed by atoms with Gasteiger partial charge in [0.1, 0.15) is 0 Å². The molecule has 0 aliphatic carbocycles. The first-order valence-electron chi connectivity index (χ1n) is 7.83. The Morgan fingerprint density at radius 2 is 1.65 bits per heavy atom. The molecule has 3 N–H and O–H groups in total. The largest absolute Gasteiger partial charge is 0.349 e. The van der Waals surface area contributed by atoms with Crippen molar-refractivity contribution in [3.63, 3.8) is 0 Å². The molecule has 2 aromatic rings. The molecule has 6 nitrogen and oxygen atoms in total. The number of rotatable bonds is 6. The first-order valence-corrected chi connectivity index (χ1v) is 8.21. The monoisotopic (exact) mass is 371 g/mol. The van der Waals surface area contributed by atoms with E-state index >= 15 is 0 Å². The van der Waals surface area contributed by atoms with E-state index in [0.29, 0.717) is 17.1 Å². The first-order chi connectivity index (χ1) is 12.5. The Bertz CT molecular complexity index is 836. The first kappa shape index (κ1) is 19.2. The van der Waals surface area contributed by atoms with E-state index in [0.717, 1.165) is 0 Å². The van der Waals surface area contributed by atoms with Gasteiger partial charge in [0, 0.05) is 18.1 Å². The lowest BCUT2D eigenvalue weighted by Gasteiger charge is -2.11. The van der Waals surface area contributed by atoms with Gasteiger partial charge in [0.15, 0.2) is 0 Å². The van der Waals surface area contributed by atoms with Gasteiger partial charge in [0.05, 0.1) is 11.3 Å². The zero-order valence-electron chi connectivity index (χ0n) is 13.9. The van der Waals surface area contributed by atoms with Gasteiger partial charge in [-0.05, 0) is 23.8 Å². The molecule has 3 amide bonds. The number of para-hydroxylation sites is 1. The molecule has 0 spiro atoms. The SMILES string of the molecule is C=CCNC(=O)c1ccccc1NC(=O)C(=O)NCc1ccccc1Cl. The van der Waals surface area contributed by atoms with Crippen LogP contribution in [0.5, 0.6) is 0 Å². The second-order valence-electron chi connectivity index (χ2n) is 5.27. The topological polar surface area (TPSA) is 87.3 Å². The van der Waals surface area contributed by atoms with Crippen molar-refractivity contribution in [1.29, 1.82) is 0 Å². The Morgan fingerprint density at radius 3 is 2.38 bits per heavy atom. The highest BCUT2D eigenvalue weighted by molar-refractivity contribution is 6.40. The third-order valence-corrected chi connectivity index (χ3v) is 3.80. The van der Waals surface area contributed by atoms with Crippen LogP contribution in [-0.4, -0.2) is 24.3 Å². The number of anilines is 1. The third kappa shape index (κ3) is 5.19. The summed E-state index contributed by atoms with van der Waals surface area (Å²) in [6, 6.07) is 13.4. The predicted molar refractivity (Wildman–Crippen MR) is 101 cm³/mol. The summed E-state index contributed by atoms with van der Waals surface area (Å²) >= 11 is 6.01.